The molecule has 0 bridgehead atoms. The van der Waals surface area contributed by atoms with Crippen molar-refractivity contribution in [1.82, 2.24) is 0 Å². The number of rotatable bonds is 5. The van der Waals surface area contributed by atoms with Crippen LogP contribution in [0.3, 0.4) is 0 Å². The third kappa shape index (κ3) is 3.87. The number of anilines is 2. The van der Waals surface area contributed by atoms with Crippen molar-refractivity contribution in [2.24, 2.45) is 0 Å². The highest BCUT2D eigenvalue weighted by Gasteiger charge is 2.37. The summed E-state index contributed by atoms with van der Waals surface area (Å²) < 4.78 is 59.0. The van der Waals surface area contributed by atoms with E-state index in [1.165, 1.54) is 19.2 Å². The number of benzene rings is 2. The highest BCUT2D eigenvalue weighted by Crippen LogP contribution is 2.34. The number of nitrogens with zero attached hydrogens (tertiary/aromatic N) is 1. The average molecular weight is 489 g/mol. The maximum absolute atomic E-state index is 13.0. The topological polar surface area (TPSA) is 110 Å². The molecule has 1 amide bonds. The largest absolute Gasteiger partial charge is 0.495 e. The van der Waals surface area contributed by atoms with E-state index in [0.717, 1.165) is 11.6 Å². The van der Waals surface area contributed by atoms with Gasteiger partial charge in [-0.25, -0.2) is 21.1 Å². The minimum Gasteiger partial charge on any atom is -0.495 e. The highest BCUT2D eigenvalue weighted by molar-refractivity contribution is 9.10. The van der Waals surface area contributed by atoms with Crippen molar-refractivity contribution in [3.63, 3.8) is 0 Å². The molecule has 0 unspecified atom stereocenters. The fourth-order valence-corrected chi connectivity index (χ4v) is 6.22. The number of hydrogen-bond donors (Lipinski definition) is 1. The molecule has 2 aromatic carbocycles. The number of ether oxygens (including phenoxy) is 1. The number of methoxy groups -OCH3 is 1. The van der Waals surface area contributed by atoms with E-state index < -0.39 is 26.0 Å². The molecule has 1 heterocycles. The van der Waals surface area contributed by atoms with Gasteiger partial charge in [0, 0.05) is 10.9 Å². The van der Waals surface area contributed by atoms with E-state index in [1.807, 2.05) is 6.92 Å². The molecule has 11 heteroatoms. The first-order valence-corrected chi connectivity index (χ1v) is 12.0. The molecule has 0 radical (unpaired) electrons. The summed E-state index contributed by atoms with van der Waals surface area (Å²) in [5.74, 6) is -0.902. The van der Waals surface area contributed by atoms with Gasteiger partial charge in [0.25, 0.3) is 10.0 Å². The van der Waals surface area contributed by atoms with E-state index in [1.54, 1.807) is 18.2 Å². The van der Waals surface area contributed by atoms with Crippen LogP contribution in [0, 0.1) is 6.92 Å². The quantitative estimate of drug-likeness (QED) is 0.692. The Bertz CT molecular complexity index is 1160. The number of hydrogen-bond acceptors (Lipinski definition) is 6. The van der Waals surface area contributed by atoms with Gasteiger partial charge in [0.15, 0.2) is 0 Å². The molecule has 1 N–H and O–H groups in total. The van der Waals surface area contributed by atoms with E-state index >= 15 is 0 Å². The molecule has 3 rings (SSSR count). The third-order valence-electron chi connectivity index (χ3n) is 4.12. The van der Waals surface area contributed by atoms with Gasteiger partial charge in [0.05, 0.1) is 24.2 Å². The normalized spacial score (nSPS) is 16.2. The first-order chi connectivity index (χ1) is 13.0. The van der Waals surface area contributed by atoms with Crippen LogP contribution in [0.4, 0.5) is 11.4 Å². The average Bonchev–Trinajstić information content (AvgIpc) is 2.89. The molecule has 1 aliphatic rings. The lowest BCUT2D eigenvalue weighted by Gasteiger charge is -2.18. The molecule has 1 fully saturated rings. The van der Waals surface area contributed by atoms with Crippen molar-refractivity contribution < 1.29 is 26.4 Å². The van der Waals surface area contributed by atoms with Gasteiger partial charge in [0.1, 0.15) is 10.6 Å². The van der Waals surface area contributed by atoms with Gasteiger partial charge >= 0.3 is 0 Å². The van der Waals surface area contributed by atoms with Gasteiger partial charge in [-0.05, 0) is 58.7 Å². The predicted molar refractivity (Wildman–Crippen MR) is 109 cm³/mol. The monoisotopic (exact) mass is 488 g/mol. The van der Waals surface area contributed by atoms with Crippen molar-refractivity contribution in [1.29, 1.82) is 0 Å². The lowest BCUT2D eigenvalue weighted by Crippen LogP contribution is -2.29. The van der Waals surface area contributed by atoms with Crippen LogP contribution < -0.4 is 13.8 Å². The van der Waals surface area contributed by atoms with Crippen molar-refractivity contribution in [3.05, 3.63) is 46.4 Å². The zero-order chi connectivity index (χ0) is 20.7. The molecule has 150 valence electrons. The molecular formula is C17H17BrN2O6S2. The van der Waals surface area contributed by atoms with Crippen molar-refractivity contribution in [3.8, 4) is 5.75 Å². The van der Waals surface area contributed by atoms with Crippen LogP contribution in [0.5, 0.6) is 5.75 Å². The Morgan fingerprint density at radius 3 is 2.46 bits per heavy atom. The van der Waals surface area contributed by atoms with Gasteiger partial charge in [-0.1, -0.05) is 6.07 Å². The fourth-order valence-electron chi connectivity index (χ4n) is 2.77. The minimum absolute atomic E-state index is 0.0172. The molecule has 1 aliphatic heterocycles. The lowest BCUT2D eigenvalue weighted by molar-refractivity contribution is -0.116. The molecule has 2 aromatic rings. The molecule has 0 aliphatic carbocycles. The van der Waals surface area contributed by atoms with Gasteiger partial charge in [-0.3, -0.25) is 9.52 Å². The third-order valence-corrected chi connectivity index (χ3v) is 7.85. The second kappa shape index (κ2) is 7.37. The lowest BCUT2D eigenvalue weighted by atomic mass is 10.2. The Morgan fingerprint density at radius 2 is 1.89 bits per heavy atom. The Hall–Kier alpha value is -2.11. The number of halogens is 1. The summed E-state index contributed by atoms with van der Waals surface area (Å²) in [5.41, 5.74) is 1.20. The molecular weight excluding hydrogens is 472 g/mol. The zero-order valence-corrected chi connectivity index (χ0v) is 18.2. The molecule has 1 saturated heterocycles. The van der Waals surface area contributed by atoms with Crippen LogP contribution >= 0.6 is 15.9 Å². The predicted octanol–water partition coefficient (Wildman–Crippen LogP) is 2.63. The van der Waals surface area contributed by atoms with E-state index in [9.17, 15) is 21.6 Å². The summed E-state index contributed by atoms with van der Waals surface area (Å²) in [4.78, 5) is 11.7. The van der Waals surface area contributed by atoms with E-state index in [0.29, 0.717) is 14.5 Å². The summed E-state index contributed by atoms with van der Waals surface area (Å²) in [5, 5.41) is 0. The second-order valence-corrected chi connectivity index (χ2v) is 10.6. The van der Waals surface area contributed by atoms with E-state index in [-0.39, 0.29) is 28.5 Å². The Labute approximate surface area is 171 Å². The van der Waals surface area contributed by atoms with Crippen molar-refractivity contribution >= 4 is 53.3 Å². The number of nitrogens with one attached hydrogen (secondary N) is 1. The smallest absolute Gasteiger partial charge is 0.265 e. The standard InChI is InChI=1S/C17H17BrN2O6S2/c1-11-3-5-14(13(18)9-11)19-28(24,25)16-10-12(4-6-15(16)26-2)20-17(21)7-8-27(20,22)23/h3-6,9-10,19H,7-8H2,1-2H3. The maximum Gasteiger partial charge on any atom is 0.265 e. The van der Waals surface area contributed by atoms with Crippen LogP contribution in [0.15, 0.2) is 45.8 Å². The number of sulfonamides is 2. The summed E-state index contributed by atoms with van der Waals surface area (Å²) in [6, 6.07) is 8.86. The van der Waals surface area contributed by atoms with Gasteiger partial charge in [-0.15, -0.1) is 0 Å². The molecule has 0 saturated carbocycles. The minimum atomic E-state index is -4.14. The summed E-state index contributed by atoms with van der Waals surface area (Å²) in [6.07, 6.45) is -0.148. The summed E-state index contributed by atoms with van der Waals surface area (Å²) in [7, 11) is -6.66. The SMILES string of the molecule is COc1ccc(N2C(=O)CCS2(=O)=O)cc1S(=O)(=O)Nc1ccc(C)cc1Br. The molecule has 0 atom stereocenters. The first-order valence-electron chi connectivity index (χ1n) is 8.08. The first kappa shape index (κ1) is 20.6. The Kier molecular flexibility index (Phi) is 5.43. The maximum atomic E-state index is 13.0. The zero-order valence-electron chi connectivity index (χ0n) is 15.0. The van der Waals surface area contributed by atoms with E-state index in [2.05, 4.69) is 20.7 Å². The summed E-state index contributed by atoms with van der Waals surface area (Å²) >= 11 is 3.31. The van der Waals surface area contributed by atoms with E-state index in [4.69, 9.17) is 4.74 Å². The van der Waals surface area contributed by atoms with Gasteiger partial charge in [-0.2, -0.15) is 0 Å². The number of carbonyl (C=O) groups excluding carboxylic acids is 1. The van der Waals surface area contributed by atoms with Crippen molar-refractivity contribution in [2.45, 2.75) is 18.2 Å². The molecule has 8 nitrogen and oxygen atoms in total. The Balaban J connectivity index is 2.08. The van der Waals surface area contributed by atoms with Gasteiger partial charge in [0.2, 0.25) is 15.9 Å². The van der Waals surface area contributed by atoms with Crippen LogP contribution in [0.25, 0.3) is 0 Å². The molecule has 0 aromatic heterocycles. The van der Waals surface area contributed by atoms with Crippen LogP contribution in [-0.4, -0.2) is 35.6 Å². The Morgan fingerprint density at radius 1 is 1.18 bits per heavy atom. The van der Waals surface area contributed by atoms with Crippen molar-refractivity contribution in [2.75, 3.05) is 21.9 Å². The van der Waals surface area contributed by atoms with Crippen LogP contribution in [-0.2, 0) is 24.8 Å². The number of aryl methyl sites for hydroxylation is 1. The summed E-state index contributed by atoms with van der Waals surface area (Å²) in [6.45, 7) is 1.86. The highest BCUT2D eigenvalue weighted by atomic mass is 79.9. The van der Waals surface area contributed by atoms with Crippen LogP contribution in [0.2, 0.25) is 0 Å². The molecule has 28 heavy (non-hydrogen) atoms. The number of amides is 1. The van der Waals surface area contributed by atoms with Gasteiger partial charge < -0.3 is 4.74 Å². The number of carbonyl (C=O) groups is 1. The molecule has 0 spiro atoms. The second-order valence-electron chi connectivity index (χ2n) is 6.15. The van der Waals surface area contributed by atoms with Crippen LogP contribution in [0.1, 0.15) is 12.0 Å². The fraction of sp³-hybridized carbons (Fsp3) is 0.235.